The molecule has 5 nitrogen and oxygen atoms in total. The minimum Gasteiger partial charge on any atom is -0.454 e. The van der Waals surface area contributed by atoms with Crippen LogP contribution in [0.5, 0.6) is 11.5 Å². The van der Waals surface area contributed by atoms with Crippen LogP contribution in [0.25, 0.3) is 0 Å². The van der Waals surface area contributed by atoms with Gasteiger partial charge in [0, 0.05) is 6.20 Å². The summed E-state index contributed by atoms with van der Waals surface area (Å²) in [5, 5.41) is 3.81. The van der Waals surface area contributed by atoms with E-state index in [9.17, 15) is 4.79 Å². The van der Waals surface area contributed by atoms with Gasteiger partial charge in [-0.25, -0.2) is 4.98 Å². The van der Waals surface area contributed by atoms with Crippen LogP contribution in [0.2, 0.25) is 0 Å². The molecule has 0 saturated heterocycles. The van der Waals surface area contributed by atoms with E-state index in [1.807, 2.05) is 43.3 Å². The van der Waals surface area contributed by atoms with Crippen LogP contribution in [0.1, 0.15) is 18.5 Å². The number of ether oxygens (including phenoxy) is 2. The maximum atomic E-state index is 12.0. The number of carbonyl (C=O) groups is 1. The van der Waals surface area contributed by atoms with Gasteiger partial charge in [-0.2, -0.15) is 0 Å². The highest BCUT2D eigenvalue weighted by Gasteiger charge is 2.16. The van der Waals surface area contributed by atoms with Crippen LogP contribution in [0.4, 0.5) is 0 Å². The van der Waals surface area contributed by atoms with Crippen LogP contribution < -0.4 is 14.8 Å². The molecule has 0 bridgehead atoms. The van der Waals surface area contributed by atoms with Crippen molar-refractivity contribution >= 4 is 17.7 Å². The molecule has 1 aromatic heterocycles. The smallest absolute Gasteiger partial charge is 0.231 e. The average molecular weight is 316 g/mol. The molecule has 3 rings (SSSR count). The average Bonchev–Trinajstić information content (AvgIpc) is 3.01. The van der Waals surface area contributed by atoms with Crippen LogP contribution in [-0.4, -0.2) is 23.4 Å². The molecule has 0 saturated carbocycles. The maximum Gasteiger partial charge on any atom is 0.231 e. The fourth-order valence-electron chi connectivity index (χ4n) is 2.12. The molecule has 6 heteroatoms. The highest BCUT2D eigenvalue weighted by Crippen LogP contribution is 2.34. The van der Waals surface area contributed by atoms with E-state index in [-0.39, 0.29) is 18.7 Å². The molecule has 0 radical (unpaired) electrons. The van der Waals surface area contributed by atoms with Crippen LogP contribution in [0.15, 0.2) is 47.6 Å². The van der Waals surface area contributed by atoms with Crippen LogP contribution in [-0.2, 0) is 4.79 Å². The van der Waals surface area contributed by atoms with Gasteiger partial charge in [-0.1, -0.05) is 23.9 Å². The SMILES string of the molecule is CC(NC(=O)CSc1ccccn1)c1ccc2c(c1)OCO2. The Morgan fingerprint density at radius 1 is 1.32 bits per heavy atom. The number of thioether (sulfide) groups is 1. The predicted molar refractivity (Wildman–Crippen MR) is 84.1 cm³/mol. The summed E-state index contributed by atoms with van der Waals surface area (Å²) in [4.78, 5) is 16.2. The number of hydrogen-bond donors (Lipinski definition) is 1. The normalized spacial score (nSPS) is 13.7. The fourth-order valence-corrected chi connectivity index (χ4v) is 2.79. The van der Waals surface area contributed by atoms with Crippen molar-refractivity contribution in [2.45, 2.75) is 18.0 Å². The Kier molecular flexibility index (Phi) is 4.48. The van der Waals surface area contributed by atoms with Gasteiger partial charge < -0.3 is 14.8 Å². The second kappa shape index (κ2) is 6.70. The number of aromatic nitrogens is 1. The summed E-state index contributed by atoms with van der Waals surface area (Å²) in [6.45, 7) is 2.20. The standard InChI is InChI=1S/C16H16N2O3S/c1-11(12-5-6-13-14(8-12)21-10-20-13)18-15(19)9-22-16-4-2-3-7-17-16/h2-8,11H,9-10H2,1H3,(H,18,19). The third kappa shape index (κ3) is 3.51. The minimum atomic E-state index is -0.0914. The van der Waals surface area contributed by atoms with E-state index in [4.69, 9.17) is 9.47 Å². The first-order valence-electron chi connectivity index (χ1n) is 6.95. The molecule has 1 aliphatic rings. The molecule has 1 amide bonds. The van der Waals surface area contributed by atoms with E-state index in [1.165, 1.54) is 11.8 Å². The van der Waals surface area contributed by atoms with E-state index in [2.05, 4.69) is 10.3 Å². The summed E-state index contributed by atoms with van der Waals surface area (Å²) >= 11 is 1.42. The summed E-state index contributed by atoms with van der Waals surface area (Å²) in [5.74, 6) is 1.78. The Labute approximate surface area is 133 Å². The van der Waals surface area contributed by atoms with Crippen molar-refractivity contribution in [1.29, 1.82) is 0 Å². The molecule has 0 spiro atoms. The molecule has 22 heavy (non-hydrogen) atoms. The fraction of sp³-hybridized carbons (Fsp3) is 0.250. The highest BCUT2D eigenvalue weighted by atomic mass is 32.2. The number of hydrogen-bond acceptors (Lipinski definition) is 5. The quantitative estimate of drug-likeness (QED) is 0.860. The van der Waals surface area contributed by atoms with Crippen LogP contribution >= 0.6 is 11.8 Å². The Morgan fingerprint density at radius 3 is 3.00 bits per heavy atom. The Morgan fingerprint density at radius 2 is 2.18 bits per heavy atom. The molecule has 1 aromatic carbocycles. The second-order valence-corrected chi connectivity index (χ2v) is 5.85. The molecular weight excluding hydrogens is 300 g/mol. The number of nitrogens with zero attached hydrogens (tertiary/aromatic N) is 1. The molecule has 1 atom stereocenters. The lowest BCUT2D eigenvalue weighted by Gasteiger charge is -2.14. The molecule has 1 unspecified atom stereocenters. The topological polar surface area (TPSA) is 60.5 Å². The van der Waals surface area contributed by atoms with Crippen molar-refractivity contribution in [3.05, 3.63) is 48.2 Å². The molecule has 0 aliphatic carbocycles. The molecule has 2 heterocycles. The first-order valence-corrected chi connectivity index (χ1v) is 7.93. The van der Waals surface area contributed by atoms with Crippen molar-refractivity contribution in [2.24, 2.45) is 0 Å². The number of amides is 1. The van der Waals surface area contributed by atoms with Crippen molar-refractivity contribution < 1.29 is 14.3 Å². The molecule has 2 aromatic rings. The van der Waals surface area contributed by atoms with Crippen molar-refractivity contribution in [1.82, 2.24) is 10.3 Å². The van der Waals surface area contributed by atoms with Gasteiger partial charge in [0.15, 0.2) is 11.5 Å². The lowest BCUT2D eigenvalue weighted by molar-refractivity contribution is -0.119. The molecule has 114 valence electrons. The van der Waals surface area contributed by atoms with Gasteiger partial charge in [0.2, 0.25) is 12.7 Å². The Hall–Kier alpha value is -2.21. The zero-order chi connectivity index (χ0) is 15.4. The van der Waals surface area contributed by atoms with E-state index in [0.717, 1.165) is 22.1 Å². The van der Waals surface area contributed by atoms with E-state index < -0.39 is 0 Å². The summed E-state index contributed by atoms with van der Waals surface area (Å²) in [7, 11) is 0. The van der Waals surface area contributed by atoms with Crippen molar-refractivity contribution in [2.75, 3.05) is 12.5 Å². The van der Waals surface area contributed by atoms with E-state index in [1.54, 1.807) is 6.20 Å². The predicted octanol–water partition coefficient (Wildman–Crippen LogP) is 2.78. The first kappa shape index (κ1) is 14.7. The van der Waals surface area contributed by atoms with Gasteiger partial charge in [0.25, 0.3) is 0 Å². The van der Waals surface area contributed by atoms with Crippen LogP contribution in [0, 0.1) is 0 Å². The monoisotopic (exact) mass is 316 g/mol. The first-order chi connectivity index (χ1) is 10.7. The number of benzene rings is 1. The summed E-state index contributed by atoms with van der Waals surface area (Å²) in [6, 6.07) is 11.3. The summed E-state index contributed by atoms with van der Waals surface area (Å²) < 4.78 is 10.6. The van der Waals surface area contributed by atoms with Crippen molar-refractivity contribution in [3.8, 4) is 11.5 Å². The molecule has 1 aliphatic heterocycles. The minimum absolute atomic E-state index is 0.0270. The highest BCUT2D eigenvalue weighted by molar-refractivity contribution is 7.99. The van der Waals surface area contributed by atoms with E-state index in [0.29, 0.717) is 5.75 Å². The van der Waals surface area contributed by atoms with Crippen molar-refractivity contribution in [3.63, 3.8) is 0 Å². The lowest BCUT2D eigenvalue weighted by atomic mass is 10.1. The Balaban J connectivity index is 1.55. The zero-order valence-corrected chi connectivity index (χ0v) is 12.9. The largest absolute Gasteiger partial charge is 0.454 e. The zero-order valence-electron chi connectivity index (χ0n) is 12.1. The third-order valence-corrected chi connectivity index (χ3v) is 4.21. The number of nitrogens with one attached hydrogen (secondary N) is 1. The van der Waals surface area contributed by atoms with Gasteiger partial charge in [-0.05, 0) is 36.8 Å². The number of rotatable bonds is 5. The second-order valence-electron chi connectivity index (χ2n) is 4.86. The van der Waals surface area contributed by atoms with Gasteiger partial charge in [-0.3, -0.25) is 4.79 Å². The van der Waals surface area contributed by atoms with Gasteiger partial charge in [-0.15, -0.1) is 0 Å². The molecule has 0 fully saturated rings. The molecule has 1 N–H and O–H groups in total. The number of fused-ring (bicyclic) bond motifs is 1. The number of pyridine rings is 1. The summed E-state index contributed by atoms with van der Waals surface area (Å²) in [6.07, 6.45) is 1.72. The van der Waals surface area contributed by atoms with Gasteiger partial charge in [0.1, 0.15) is 0 Å². The van der Waals surface area contributed by atoms with E-state index >= 15 is 0 Å². The van der Waals surface area contributed by atoms with Gasteiger partial charge in [0.05, 0.1) is 16.8 Å². The lowest BCUT2D eigenvalue weighted by Crippen LogP contribution is -2.28. The third-order valence-electron chi connectivity index (χ3n) is 3.26. The van der Waals surface area contributed by atoms with Gasteiger partial charge >= 0.3 is 0 Å². The Bertz CT molecular complexity index is 664. The van der Waals surface area contributed by atoms with Crippen LogP contribution in [0.3, 0.4) is 0 Å². The number of carbonyl (C=O) groups excluding carboxylic acids is 1. The summed E-state index contributed by atoms with van der Waals surface area (Å²) in [5.41, 5.74) is 0.987. The molecular formula is C16H16N2O3S. The maximum absolute atomic E-state index is 12.0.